The molecular weight excluding hydrogens is 332 g/mol. The van der Waals surface area contributed by atoms with Gasteiger partial charge < -0.3 is 10.4 Å². The monoisotopic (exact) mass is 346 g/mol. The molecule has 0 aliphatic rings. The van der Waals surface area contributed by atoms with Crippen molar-refractivity contribution in [1.82, 2.24) is 25.0 Å². The van der Waals surface area contributed by atoms with Gasteiger partial charge in [0.1, 0.15) is 0 Å². The van der Waals surface area contributed by atoms with Crippen LogP contribution in [0.3, 0.4) is 0 Å². The third kappa shape index (κ3) is 3.07. The molecule has 0 saturated carbocycles. The van der Waals surface area contributed by atoms with Gasteiger partial charge >= 0.3 is 0 Å². The largest absolute Gasteiger partial charge is 0.493 e. The maximum Gasteiger partial charge on any atom is 0.257 e. The first-order valence-corrected chi connectivity index (χ1v) is 7.81. The van der Waals surface area contributed by atoms with Crippen molar-refractivity contribution in [2.24, 2.45) is 7.05 Å². The van der Waals surface area contributed by atoms with E-state index in [1.165, 1.54) is 18.3 Å². The second kappa shape index (κ2) is 6.25. The van der Waals surface area contributed by atoms with Gasteiger partial charge in [-0.1, -0.05) is 6.07 Å². The van der Waals surface area contributed by atoms with Gasteiger partial charge in [0.05, 0.1) is 11.7 Å². The first-order chi connectivity index (χ1) is 12.6. The lowest BCUT2D eigenvalue weighted by Gasteiger charge is -2.06. The molecule has 0 spiro atoms. The zero-order valence-electron chi connectivity index (χ0n) is 13.8. The molecule has 3 aromatic heterocycles. The van der Waals surface area contributed by atoms with Crippen molar-refractivity contribution in [2.75, 3.05) is 5.32 Å². The van der Waals surface area contributed by atoms with Crippen LogP contribution in [0.5, 0.6) is 5.88 Å². The molecule has 26 heavy (non-hydrogen) atoms. The minimum atomic E-state index is -0.403. The van der Waals surface area contributed by atoms with Crippen LogP contribution in [0.4, 0.5) is 5.82 Å². The highest BCUT2D eigenvalue weighted by Crippen LogP contribution is 2.24. The van der Waals surface area contributed by atoms with Crippen LogP contribution in [0.1, 0.15) is 10.4 Å². The molecule has 0 aliphatic heterocycles. The van der Waals surface area contributed by atoms with Crippen molar-refractivity contribution >= 4 is 22.6 Å². The Balaban J connectivity index is 1.65. The van der Waals surface area contributed by atoms with Crippen LogP contribution >= 0.6 is 0 Å². The first-order valence-electron chi connectivity index (χ1n) is 7.81. The van der Waals surface area contributed by atoms with Gasteiger partial charge in [-0.25, -0.2) is 4.98 Å². The topological polar surface area (TPSA) is 106 Å². The highest BCUT2D eigenvalue weighted by atomic mass is 16.3. The fourth-order valence-corrected chi connectivity index (χ4v) is 2.60. The number of rotatable bonds is 3. The Labute approximate surface area is 148 Å². The number of amides is 1. The zero-order chi connectivity index (χ0) is 18.1. The summed E-state index contributed by atoms with van der Waals surface area (Å²) in [4.78, 5) is 15.9. The summed E-state index contributed by atoms with van der Waals surface area (Å²) in [5.41, 5.74) is 2.99. The minimum Gasteiger partial charge on any atom is -0.493 e. The average Bonchev–Trinajstić information content (AvgIpc) is 3.07. The summed E-state index contributed by atoms with van der Waals surface area (Å²) in [7, 11) is 1.86. The van der Waals surface area contributed by atoms with E-state index in [1.54, 1.807) is 16.9 Å². The van der Waals surface area contributed by atoms with Crippen LogP contribution in [0, 0.1) is 0 Å². The van der Waals surface area contributed by atoms with E-state index in [-0.39, 0.29) is 11.4 Å². The normalized spacial score (nSPS) is 10.8. The summed E-state index contributed by atoms with van der Waals surface area (Å²) in [6.07, 6.45) is 5.07. The number of nitrogens with one attached hydrogen (secondary N) is 1. The number of benzene rings is 1. The van der Waals surface area contributed by atoms with E-state index in [4.69, 9.17) is 0 Å². The van der Waals surface area contributed by atoms with Crippen LogP contribution < -0.4 is 5.32 Å². The number of nitrogens with zero attached hydrogens (tertiary/aromatic N) is 5. The van der Waals surface area contributed by atoms with Gasteiger partial charge in [-0.05, 0) is 29.8 Å². The Morgan fingerprint density at radius 3 is 2.77 bits per heavy atom. The van der Waals surface area contributed by atoms with Crippen molar-refractivity contribution in [3.8, 4) is 17.0 Å². The van der Waals surface area contributed by atoms with Crippen LogP contribution in [0.2, 0.25) is 0 Å². The number of carbonyl (C=O) groups excluding carboxylic acids is 1. The minimum absolute atomic E-state index is 0.219. The predicted molar refractivity (Wildman–Crippen MR) is 95.6 cm³/mol. The van der Waals surface area contributed by atoms with Crippen LogP contribution in [0.15, 0.2) is 55.0 Å². The summed E-state index contributed by atoms with van der Waals surface area (Å²) in [6, 6.07) is 10.3. The lowest BCUT2D eigenvalue weighted by atomic mass is 10.1. The molecular formula is C18H14N6O2. The van der Waals surface area contributed by atoms with Crippen LogP contribution in [0.25, 0.3) is 22.0 Å². The van der Waals surface area contributed by atoms with E-state index in [0.717, 1.165) is 22.0 Å². The Morgan fingerprint density at radius 2 is 2.00 bits per heavy atom. The Morgan fingerprint density at radius 1 is 1.12 bits per heavy atom. The van der Waals surface area contributed by atoms with Crippen LogP contribution in [-0.4, -0.2) is 36.0 Å². The lowest BCUT2D eigenvalue weighted by Crippen LogP contribution is -2.13. The second-order valence-electron chi connectivity index (χ2n) is 5.76. The predicted octanol–water partition coefficient (Wildman–Crippen LogP) is 2.38. The van der Waals surface area contributed by atoms with Crippen molar-refractivity contribution in [2.45, 2.75) is 0 Å². The summed E-state index contributed by atoms with van der Waals surface area (Å²) >= 11 is 0. The van der Waals surface area contributed by atoms with Gasteiger partial charge in [0, 0.05) is 42.0 Å². The van der Waals surface area contributed by atoms with E-state index < -0.39 is 5.91 Å². The highest BCUT2D eigenvalue weighted by molar-refractivity contribution is 6.04. The van der Waals surface area contributed by atoms with E-state index in [9.17, 15) is 9.90 Å². The van der Waals surface area contributed by atoms with Crippen molar-refractivity contribution in [3.63, 3.8) is 0 Å². The van der Waals surface area contributed by atoms with Crippen LogP contribution in [-0.2, 0) is 7.05 Å². The first kappa shape index (κ1) is 15.7. The number of hydrogen-bond acceptors (Lipinski definition) is 6. The summed E-state index contributed by atoms with van der Waals surface area (Å²) in [6.45, 7) is 0. The third-order valence-corrected chi connectivity index (χ3v) is 3.87. The number of aryl methyl sites for hydroxylation is 1. The molecule has 0 unspecified atom stereocenters. The number of aromatic nitrogens is 5. The fraction of sp³-hybridized carbons (Fsp3) is 0.0556. The van der Waals surface area contributed by atoms with E-state index in [0.29, 0.717) is 5.82 Å². The molecule has 3 heterocycles. The number of aromatic hydroxyl groups is 1. The lowest BCUT2D eigenvalue weighted by molar-refractivity contribution is 0.102. The second-order valence-corrected chi connectivity index (χ2v) is 5.76. The number of carbonyl (C=O) groups is 1. The maximum absolute atomic E-state index is 12.3. The molecule has 4 rings (SSSR count). The van der Waals surface area contributed by atoms with Gasteiger partial charge in [0.25, 0.3) is 5.91 Å². The van der Waals surface area contributed by atoms with Crippen molar-refractivity contribution in [3.05, 3.63) is 60.6 Å². The molecule has 128 valence electrons. The molecule has 2 N–H and O–H groups in total. The summed E-state index contributed by atoms with van der Waals surface area (Å²) in [5, 5.41) is 25.2. The summed E-state index contributed by atoms with van der Waals surface area (Å²) in [5.74, 6) is -0.301. The molecule has 1 amide bonds. The molecule has 1 aromatic carbocycles. The van der Waals surface area contributed by atoms with E-state index in [1.807, 2.05) is 31.4 Å². The third-order valence-electron chi connectivity index (χ3n) is 3.87. The van der Waals surface area contributed by atoms with Crippen molar-refractivity contribution in [1.29, 1.82) is 0 Å². The average molecular weight is 346 g/mol. The fourth-order valence-electron chi connectivity index (χ4n) is 2.60. The molecule has 0 saturated heterocycles. The van der Waals surface area contributed by atoms with Gasteiger partial charge in [-0.15, -0.1) is 10.2 Å². The molecule has 0 atom stereocenters. The smallest absolute Gasteiger partial charge is 0.257 e. The van der Waals surface area contributed by atoms with E-state index in [2.05, 4.69) is 25.6 Å². The molecule has 0 radical (unpaired) electrons. The van der Waals surface area contributed by atoms with Gasteiger partial charge in [0.2, 0.25) is 5.88 Å². The number of fused-ring (bicyclic) bond motifs is 1. The standard InChI is InChI=1S/C18H14N6O2/c1-24-10-14(9-20-24)11-2-3-15-13(6-11)7-16(23-22-15)21-18(26)12-4-5-19-17(25)8-12/h2-10H,1H3,(H,19,25)(H,21,23,26). The Hall–Kier alpha value is -3.81. The maximum atomic E-state index is 12.3. The quantitative estimate of drug-likeness (QED) is 0.590. The molecule has 0 aliphatic carbocycles. The number of hydrogen-bond donors (Lipinski definition) is 2. The van der Waals surface area contributed by atoms with Gasteiger partial charge in [-0.2, -0.15) is 5.10 Å². The molecule has 8 heteroatoms. The zero-order valence-corrected chi connectivity index (χ0v) is 13.8. The van der Waals surface area contributed by atoms with Gasteiger partial charge in [-0.3, -0.25) is 9.48 Å². The summed E-state index contributed by atoms with van der Waals surface area (Å²) < 4.78 is 1.74. The van der Waals surface area contributed by atoms with Crippen molar-refractivity contribution < 1.29 is 9.90 Å². The van der Waals surface area contributed by atoms with Gasteiger partial charge in [0.15, 0.2) is 5.82 Å². The molecule has 0 fully saturated rings. The Bertz CT molecular complexity index is 1120. The Kier molecular flexibility index (Phi) is 3.77. The van der Waals surface area contributed by atoms with E-state index >= 15 is 0 Å². The molecule has 4 aromatic rings. The molecule has 8 nitrogen and oxygen atoms in total. The SMILES string of the molecule is Cn1cc(-c2ccc3nnc(NC(=O)c4ccnc(O)c4)cc3c2)cn1. The molecule has 0 bridgehead atoms. The number of anilines is 1. The number of pyridine rings is 1. The highest BCUT2D eigenvalue weighted by Gasteiger charge is 2.10.